The predicted octanol–water partition coefficient (Wildman–Crippen LogP) is 3.43. The first-order valence-electron chi connectivity index (χ1n) is 8.16. The molecule has 0 bridgehead atoms. The van der Waals surface area contributed by atoms with Crippen LogP contribution in [0.4, 0.5) is 0 Å². The van der Waals surface area contributed by atoms with Crippen LogP contribution in [-0.4, -0.2) is 24.5 Å². The Hall–Kier alpha value is -0.860. The second kappa shape index (κ2) is 5.87. The van der Waals surface area contributed by atoms with Crippen molar-refractivity contribution in [3.63, 3.8) is 0 Å². The van der Waals surface area contributed by atoms with Gasteiger partial charge in [0.1, 0.15) is 0 Å². The Balaban J connectivity index is 1.62. The molecule has 2 aliphatic rings. The highest BCUT2D eigenvalue weighted by Gasteiger charge is 2.29. The van der Waals surface area contributed by atoms with Gasteiger partial charge in [0.25, 0.3) is 0 Å². The van der Waals surface area contributed by atoms with Gasteiger partial charge >= 0.3 is 0 Å². The molecule has 2 fully saturated rings. The van der Waals surface area contributed by atoms with Crippen LogP contribution < -0.4 is 5.73 Å². The third-order valence-corrected chi connectivity index (χ3v) is 4.55. The number of rotatable bonds is 7. The summed E-state index contributed by atoms with van der Waals surface area (Å²) in [6.07, 6.45) is 5.72. The van der Waals surface area contributed by atoms with Crippen LogP contribution in [0, 0.1) is 25.7 Å². The molecule has 0 saturated heterocycles. The summed E-state index contributed by atoms with van der Waals surface area (Å²) >= 11 is 0. The first-order valence-corrected chi connectivity index (χ1v) is 8.16. The molecule has 0 aromatic heterocycles. The monoisotopic (exact) mass is 272 g/mol. The van der Waals surface area contributed by atoms with E-state index < -0.39 is 0 Å². The summed E-state index contributed by atoms with van der Waals surface area (Å²) in [4.78, 5) is 2.64. The molecule has 0 spiro atoms. The lowest BCUT2D eigenvalue weighted by Gasteiger charge is -2.26. The molecule has 2 N–H and O–H groups in total. The summed E-state index contributed by atoms with van der Waals surface area (Å²) in [6, 6.07) is 6.89. The molecular formula is C18H28N2. The molecule has 2 heteroatoms. The van der Waals surface area contributed by atoms with Crippen LogP contribution in [-0.2, 0) is 0 Å². The summed E-state index contributed by atoms with van der Waals surface area (Å²) in [6.45, 7) is 7.89. The molecule has 110 valence electrons. The molecule has 0 radical (unpaired) electrons. The van der Waals surface area contributed by atoms with E-state index in [-0.39, 0.29) is 6.04 Å². The molecule has 1 unspecified atom stereocenters. The lowest BCUT2D eigenvalue weighted by atomic mass is 10.0. The quantitative estimate of drug-likeness (QED) is 0.824. The molecule has 2 saturated carbocycles. The van der Waals surface area contributed by atoms with Crippen molar-refractivity contribution in [2.24, 2.45) is 17.6 Å². The summed E-state index contributed by atoms with van der Waals surface area (Å²) in [7, 11) is 0. The van der Waals surface area contributed by atoms with Gasteiger partial charge in [0, 0.05) is 25.7 Å². The van der Waals surface area contributed by atoms with Crippen molar-refractivity contribution >= 4 is 0 Å². The first-order chi connectivity index (χ1) is 9.60. The minimum absolute atomic E-state index is 0.158. The number of nitrogens with two attached hydrogens (primary N) is 1. The highest BCUT2D eigenvalue weighted by atomic mass is 15.1. The Labute approximate surface area is 123 Å². The van der Waals surface area contributed by atoms with Crippen LogP contribution in [0.5, 0.6) is 0 Å². The largest absolute Gasteiger partial charge is 0.323 e. The Morgan fingerprint density at radius 1 is 1.00 bits per heavy atom. The smallest absolute Gasteiger partial charge is 0.0424 e. The van der Waals surface area contributed by atoms with Gasteiger partial charge in [-0.1, -0.05) is 29.3 Å². The zero-order valence-corrected chi connectivity index (χ0v) is 12.9. The maximum Gasteiger partial charge on any atom is 0.0424 e. The Morgan fingerprint density at radius 3 is 1.95 bits per heavy atom. The van der Waals surface area contributed by atoms with Crippen molar-refractivity contribution in [2.45, 2.75) is 45.6 Å². The van der Waals surface area contributed by atoms with E-state index in [1.807, 2.05) is 0 Å². The summed E-state index contributed by atoms with van der Waals surface area (Å²) in [5.74, 6) is 1.92. The van der Waals surface area contributed by atoms with Crippen LogP contribution in [0.1, 0.15) is 48.4 Å². The summed E-state index contributed by atoms with van der Waals surface area (Å²) in [5.41, 5.74) is 10.4. The van der Waals surface area contributed by atoms with Gasteiger partial charge in [-0.05, 0) is 56.9 Å². The molecule has 0 amide bonds. The van der Waals surface area contributed by atoms with Gasteiger partial charge in [-0.25, -0.2) is 0 Å². The van der Waals surface area contributed by atoms with Crippen LogP contribution >= 0.6 is 0 Å². The van der Waals surface area contributed by atoms with E-state index >= 15 is 0 Å². The van der Waals surface area contributed by atoms with Crippen LogP contribution in [0.15, 0.2) is 18.2 Å². The van der Waals surface area contributed by atoms with E-state index in [0.29, 0.717) is 0 Å². The van der Waals surface area contributed by atoms with Crippen LogP contribution in [0.3, 0.4) is 0 Å². The van der Waals surface area contributed by atoms with E-state index in [9.17, 15) is 0 Å². The zero-order valence-electron chi connectivity index (χ0n) is 12.9. The maximum absolute atomic E-state index is 6.48. The SMILES string of the molecule is Cc1cc(C)cc(C(N)CN(CC2CC2)CC2CC2)c1. The minimum Gasteiger partial charge on any atom is -0.323 e. The molecule has 2 aliphatic carbocycles. The second-order valence-electron chi connectivity index (χ2n) is 7.13. The van der Waals surface area contributed by atoms with Gasteiger partial charge in [-0.3, -0.25) is 0 Å². The zero-order chi connectivity index (χ0) is 14.1. The standard InChI is InChI=1S/C18H28N2/c1-13-7-14(2)9-17(8-13)18(19)12-20(10-15-3-4-15)11-16-5-6-16/h7-9,15-16,18H,3-6,10-12,19H2,1-2H3. The molecule has 2 nitrogen and oxygen atoms in total. The maximum atomic E-state index is 6.48. The predicted molar refractivity (Wildman–Crippen MR) is 84.7 cm³/mol. The van der Waals surface area contributed by atoms with Crippen molar-refractivity contribution in [1.29, 1.82) is 0 Å². The normalized spacial score (nSPS) is 20.4. The van der Waals surface area contributed by atoms with Gasteiger partial charge in [0.2, 0.25) is 0 Å². The summed E-state index contributed by atoms with van der Waals surface area (Å²) < 4.78 is 0. The highest BCUT2D eigenvalue weighted by Crippen LogP contribution is 2.34. The van der Waals surface area contributed by atoms with Gasteiger partial charge in [0.15, 0.2) is 0 Å². The van der Waals surface area contributed by atoms with Crippen LogP contribution in [0.2, 0.25) is 0 Å². The van der Waals surface area contributed by atoms with E-state index in [4.69, 9.17) is 5.73 Å². The van der Waals surface area contributed by atoms with Crippen LogP contribution in [0.25, 0.3) is 0 Å². The average Bonchev–Trinajstić information content (AvgIpc) is 3.23. The minimum atomic E-state index is 0.158. The number of benzene rings is 1. The molecule has 0 aliphatic heterocycles. The topological polar surface area (TPSA) is 29.3 Å². The van der Waals surface area contributed by atoms with Gasteiger partial charge in [-0.15, -0.1) is 0 Å². The lowest BCUT2D eigenvalue weighted by molar-refractivity contribution is 0.238. The van der Waals surface area contributed by atoms with Crippen molar-refractivity contribution in [2.75, 3.05) is 19.6 Å². The van der Waals surface area contributed by atoms with Gasteiger partial charge < -0.3 is 10.6 Å². The molecule has 1 atom stereocenters. The third-order valence-electron chi connectivity index (χ3n) is 4.55. The summed E-state index contributed by atoms with van der Waals surface area (Å²) in [5, 5.41) is 0. The van der Waals surface area contributed by atoms with Crippen molar-refractivity contribution in [3.05, 3.63) is 34.9 Å². The fraction of sp³-hybridized carbons (Fsp3) is 0.667. The molecule has 1 aromatic carbocycles. The number of nitrogens with zero attached hydrogens (tertiary/aromatic N) is 1. The fourth-order valence-electron chi connectivity index (χ4n) is 3.16. The van der Waals surface area contributed by atoms with E-state index in [0.717, 1.165) is 18.4 Å². The van der Waals surface area contributed by atoms with E-state index in [1.165, 1.54) is 55.5 Å². The third kappa shape index (κ3) is 4.07. The van der Waals surface area contributed by atoms with Crippen molar-refractivity contribution < 1.29 is 0 Å². The molecule has 1 aromatic rings. The number of hydrogen-bond donors (Lipinski definition) is 1. The average molecular weight is 272 g/mol. The molecule has 0 heterocycles. The Bertz CT molecular complexity index is 426. The fourth-order valence-corrected chi connectivity index (χ4v) is 3.16. The van der Waals surface area contributed by atoms with Gasteiger partial charge in [0.05, 0.1) is 0 Å². The van der Waals surface area contributed by atoms with Crippen molar-refractivity contribution in [3.8, 4) is 0 Å². The highest BCUT2D eigenvalue weighted by molar-refractivity contribution is 5.30. The lowest BCUT2D eigenvalue weighted by Crippen LogP contribution is -2.35. The van der Waals surface area contributed by atoms with Crippen molar-refractivity contribution in [1.82, 2.24) is 4.90 Å². The Morgan fingerprint density at radius 2 is 1.50 bits per heavy atom. The Kier molecular flexibility index (Phi) is 4.13. The number of aryl methyl sites for hydroxylation is 2. The first kappa shape index (κ1) is 14.1. The van der Waals surface area contributed by atoms with E-state index in [2.05, 4.69) is 36.9 Å². The molecule has 3 rings (SSSR count). The molecular weight excluding hydrogens is 244 g/mol. The second-order valence-corrected chi connectivity index (χ2v) is 7.13. The van der Waals surface area contributed by atoms with Gasteiger partial charge in [-0.2, -0.15) is 0 Å². The number of hydrogen-bond acceptors (Lipinski definition) is 2. The van der Waals surface area contributed by atoms with E-state index in [1.54, 1.807) is 0 Å². The molecule has 20 heavy (non-hydrogen) atoms.